The quantitative estimate of drug-likeness (QED) is 0.201. The Kier molecular flexibility index (Phi) is 9.12. The highest BCUT2D eigenvalue weighted by atomic mass is 16.5. The van der Waals surface area contributed by atoms with E-state index < -0.39 is 12.0 Å². The van der Waals surface area contributed by atoms with Crippen molar-refractivity contribution in [3.8, 4) is 16.9 Å². The number of carbonyl (C=O) groups excluding carboxylic acids is 2. The molecule has 4 aromatic carbocycles. The lowest BCUT2D eigenvalue weighted by molar-refractivity contribution is -0.130. The molecule has 6 nitrogen and oxygen atoms in total. The molecular formula is C38H45N3O3. The van der Waals surface area contributed by atoms with Crippen molar-refractivity contribution in [2.24, 2.45) is 0 Å². The molecule has 1 aliphatic rings. The molecule has 3 N–H and O–H groups in total. The van der Waals surface area contributed by atoms with Gasteiger partial charge in [0, 0.05) is 23.5 Å². The maximum Gasteiger partial charge on any atom is 0.243 e. The summed E-state index contributed by atoms with van der Waals surface area (Å²) in [6.45, 7) is 10.6. The number of methoxy groups -OCH3 is 1. The van der Waals surface area contributed by atoms with Crippen molar-refractivity contribution in [3.05, 3.63) is 102 Å². The Morgan fingerprint density at radius 2 is 1.43 bits per heavy atom. The second-order valence-electron chi connectivity index (χ2n) is 13.5. The van der Waals surface area contributed by atoms with Gasteiger partial charge in [-0.25, -0.2) is 0 Å². The molecule has 1 aliphatic heterocycles. The first-order valence-corrected chi connectivity index (χ1v) is 15.5. The number of amides is 2. The standard InChI is InChI=1S/C38H45N3O3/c1-25(29-16-17-31-22-33(44-6)19-18-30(31)21-29)35(42)40-34(36(43)39-32-23-37(2,3)41-38(4,5)24-32)20-26-12-14-28(15-13-26)27-10-8-7-9-11-27/h7-19,21-22,25,32,34,41H,20,23-24H2,1-6H3,(H,39,43)(H,40,42). The third-order valence-corrected chi connectivity index (χ3v) is 8.64. The molecule has 44 heavy (non-hydrogen) atoms. The zero-order chi connectivity index (χ0) is 31.5. The predicted molar refractivity (Wildman–Crippen MR) is 179 cm³/mol. The van der Waals surface area contributed by atoms with E-state index in [1.165, 1.54) is 0 Å². The van der Waals surface area contributed by atoms with Crippen LogP contribution in [0.4, 0.5) is 0 Å². The molecule has 1 heterocycles. The summed E-state index contributed by atoms with van der Waals surface area (Å²) in [4.78, 5) is 27.6. The van der Waals surface area contributed by atoms with Crippen molar-refractivity contribution in [1.29, 1.82) is 0 Å². The second-order valence-corrected chi connectivity index (χ2v) is 13.5. The SMILES string of the molecule is COc1ccc2cc(C(C)C(=O)NC(Cc3ccc(-c4ccccc4)cc3)C(=O)NC3CC(C)(C)NC(C)(C)C3)ccc2c1. The maximum absolute atomic E-state index is 13.9. The van der Waals surface area contributed by atoms with Crippen molar-refractivity contribution in [2.75, 3.05) is 7.11 Å². The largest absolute Gasteiger partial charge is 0.497 e. The lowest BCUT2D eigenvalue weighted by Crippen LogP contribution is -2.63. The van der Waals surface area contributed by atoms with Gasteiger partial charge in [0.1, 0.15) is 11.8 Å². The molecule has 0 radical (unpaired) electrons. The summed E-state index contributed by atoms with van der Waals surface area (Å²) >= 11 is 0. The van der Waals surface area contributed by atoms with Crippen LogP contribution in [0.5, 0.6) is 5.75 Å². The Hall–Kier alpha value is -4.16. The fourth-order valence-electron chi connectivity index (χ4n) is 6.72. The maximum atomic E-state index is 13.9. The van der Waals surface area contributed by atoms with Gasteiger partial charge in [-0.2, -0.15) is 0 Å². The summed E-state index contributed by atoms with van der Waals surface area (Å²) in [6, 6.07) is 29.7. The fourth-order valence-corrected chi connectivity index (χ4v) is 6.72. The molecule has 0 aromatic heterocycles. The molecule has 230 valence electrons. The average Bonchev–Trinajstić information content (AvgIpc) is 2.99. The Balaban J connectivity index is 1.35. The van der Waals surface area contributed by atoms with Gasteiger partial charge in [0.15, 0.2) is 0 Å². The number of rotatable bonds is 9. The van der Waals surface area contributed by atoms with Crippen LogP contribution in [0.15, 0.2) is 91.0 Å². The van der Waals surface area contributed by atoms with Crippen molar-refractivity contribution in [3.63, 3.8) is 0 Å². The van der Waals surface area contributed by atoms with E-state index in [1.54, 1.807) is 7.11 Å². The number of fused-ring (bicyclic) bond motifs is 1. The predicted octanol–water partition coefficient (Wildman–Crippen LogP) is 6.77. The molecular weight excluding hydrogens is 546 g/mol. The highest BCUT2D eigenvalue weighted by molar-refractivity contribution is 5.92. The number of piperidine rings is 1. The Bertz CT molecular complexity index is 1600. The number of benzene rings is 4. The molecule has 0 aliphatic carbocycles. The first-order chi connectivity index (χ1) is 20.9. The van der Waals surface area contributed by atoms with Gasteiger partial charge in [-0.3, -0.25) is 9.59 Å². The van der Waals surface area contributed by atoms with E-state index in [4.69, 9.17) is 4.74 Å². The van der Waals surface area contributed by atoms with Crippen LogP contribution in [0.3, 0.4) is 0 Å². The van der Waals surface area contributed by atoms with E-state index in [2.05, 4.69) is 67.9 Å². The summed E-state index contributed by atoms with van der Waals surface area (Å²) < 4.78 is 5.35. The zero-order valence-corrected chi connectivity index (χ0v) is 26.7. The second kappa shape index (κ2) is 12.8. The smallest absolute Gasteiger partial charge is 0.243 e. The van der Waals surface area contributed by atoms with Gasteiger partial charge in [-0.15, -0.1) is 0 Å². The summed E-state index contributed by atoms with van der Waals surface area (Å²) in [5.41, 5.74) is 3.92. The highest BCUT2D eigenvalue weighted by Crippen LogP contribution is 2.29. The molecule has 5 rings (SSSR count). The number of carbonyl (C=O) groups is 2. The number of hydrogen-bond acceptors (Lipinski definition) is 4. The van der Waals surface area contributed by atoms with Gasteiger partial charge in [0.05, 0.1) is 13.0 Å². The number of nitrogens with one attached hydrogen (secondary N) is 3. The Morgan fingerprint density at radius 1 is 0.818 bits per heavy atom. The minimum absolute atomic E-state index is 0.00325. The van der Waals surface area contributed by atoms with Gasteiger partial charge in [-0.05, 0) is 92.6 Å². The van der Waals surface area contributed by atoms with Crippen LogP contribution in [0.2, 0.25) is 0 Å². The first kappa shape index (κ1) is 31.3. The molecule has 0 spiro atoms. The minimum atomic E-state index is -0.710. The van der Waals surface area contributed by atoms with Gasteiger partial charge >= 0.3 is 0 Å². The van der Waals surface area contributed by atoms with E-state index >= 15 is 0 Å². The first-order valence-electron chi connectivity index (χ1n) is 15.5. The molecule has 0 saturated carbocycles. The van der Waals surface area contributed by atoms with E-state index in [0.717, 1.165) is 51.6 Å². The average molecular weight is 592 g/mol. The van der Waals surface area contributed by atoms with Crippen LogP contribution in [-0.2, 0) is 16.0 Å². The Labute approximate surface area is 261 Å². The summed E-state index contributed by atoms with van der Waals surface area (Å²) in [7, 11) is 1.65. The molecule has 4 aromatic rings. The third-order valence-electron chi connectivity index (χ3n) is 8.64. The van der Waals surface area contributed by atoms with Crippen LogP contribution in [0.25, 0.3) is 21.9 Å². The zero-order valence-electron chi connectivity index (χ0n) is 26.7. The van der Waals surface area contributed by atoms with Crippen LogP contribution in [-0.4, -0.2) is 42.1 Å². The number of hydrogen-bond donors (Lipinski definition) is 3. The molecule has 2 unspecified atom stereocenters. The molecule has 1 saturated heterocycles. The molecule has 6 heteroatoms. The van der Waals surface area contributed by atoms with Crippen LogP contribution < -0.4 is 20.7 Å². The van der Waals surface area contributed by atoms with Gasteiger partial charge < -0.3 is 20.7 Å². The molecule has 2 atom stereocenters. The van der Waals surface area contributed by atoms with E-state index in [-0.39, 0.29) is 28.9 Å². The van der Waals surface area contributed by atoms with Gasteiger partial charge in [-0.1, -0.05) is 78.9 Å². The van der Waals surface area contributed by atoms with Gasteiger partial charge in [0.2, 0.25) is 11.8 Å². The monoisotopic (exact) mass is 591 g/mol. The van der Waals surface area contributed by atoms with E-state index in [9.17, 15) is 9.59 Å². The Morgan fingerprint density at radius 3 is 2.09 bits per heavy atom. The van der Waals surface area contributed by atoms with Crippen molar-refractivity contribution < 1.29 is 14.3 Å². The van der Waals surface area contributed by atoms with Crippen molar-refractivity contribution in [2.45, 2.75) is 83.0 Å². The fraction of sp³-hybridized carbons (Fsp3) is 0.368. The third kappa shape index (κ3) is 7.67. The molecule has 0 bridgehead atoms. The van der Waals surface area contributed by atoms with Crippen LogP contribution >= 0.6 is 0 Å². The van der Waals surface area contributed by atoms with Crippen molar-refractivity contribution in [1.82, 2.24) is 16.0 Å². The highest BCUT2D eigenvalue weighted by Gasteiger charge is 2.39. The molecule has 1 fully saturated rings. The number of ether oxygens (including phenoxy) is 1. The van der Waals surface area contributed by atoms with Crippen LogP contribution in [0, 0.1) is 0 Å². The summed E-state index contributed by atoms with van der Waals surface area (Å²) in [6.07, 6.45) is 2.02. The summed E-state index contributed by atoms with van der Waals surface area (Å²) in [5, 5.41) is 12.2. The normalized spacial score (nSPS) is 17.4. The summed E-state index contributed by atoms with van der Waals surface area (Å²) in [5.74, 6) is 0.0305. The molecule has 2 amide bonds. The van der Waals surface area contributed by atoms with Crippen LogP contribution in [0.1, 0.15) is 64.5 Å². The lowest BCUT2D eigenvalue weighted by atomic mass is 9.79. The topological polar surface area (TPSA) is 79.5 Å². The lowest BCUT2D eigenvalue weighted by Gasteiger charge is -2.46. The minimum Gasteiger partial charge on any atom is -0.497 e. The van der Waals surface area contributed by atoms with Gasteiger partial charge in [0.25, 0.3) is 0 Å². The van der Waals surface area contributed by atoms with Crippen molar-refractivity contribution >= 4 is 22.6 Å². The van der Waals surface area contributed by atoms with E-state index in [1.807, 2.05) is 73.7 Å². The van der Waals surface area contributed by atoms with E-state index in [0.29, 0.717) is 6.42 Å².